The van der Waals surface area contributed by atoms with E-state index in [2.05, 4.69) is 18.8 Å². The molecule has 1 fully saturated rings. The van der Waals surface area contributed by atoms with Gasteiger partial charge in [-0.3, -0.25) is 0 Å². The van der Waals surface area contributed by atoms with E-state index in [-0.39, 0.29) is 5.41 Å². The topological polar surface area (TPSA) is 36.0 Å². The lowest BCUT2D eigenvalue weighted by atomic mass is 9.94. The van der Waals surface area contributed by atoms with Crippen molar-refractivity contribution in [2.45, 2.75) is 32.1 Å². The highest BCUT2D eigenvalue weighted by Crippen LogP contribution is 2.49. The minimum absolute atomic E-state index is 0.119. The molecule has 0 atom stereocenters. The number of aromatic amines is 1. The first-order chi connectivity index (χ1) is 5.69. The molecule has 0 unspecified atom stereocenters. The van der Waals surface area contributed by atoms with Gasteiger partial charge in [-0.1, -0.05) is 0 Å². The second-order valence-electron chi connectivity index (χ2n) is 3.91. The molecule has 66 valence electrons. The van der Waals surface area contributed by atoms with Gasteiger partial charge >= 0.3 is 0 Å². The summed E-state index contributed by atoms with van der Waals surface area (Å²) in [6, 6.07) is 0. The Hall–Kier alpha value is -0.760. The number of hydrogen-bond donors (Lipinski definition) is 2. The average molecular weight is 165 g/mol. The van der Waals surface area contributed by atoms with Crippen molar-refractivity contribution in [3.05, 3.63) is 23.0 Å². The molecular weight excluding hydrogens is 150 g/mol. The Morgan fingerprint density at radius 2 is 2.17 bits per heavy atom. The summed E-state index contributed by atoms with van der Waals surface area (Å²) in [7, 11) is 0. The molecule has 2 rings (SSSR count). The van der Waals surface area contributed by atoms with Gasteiger partial charge in [-0.25, -0.2) is 0 Å². The van der Waals surface area contributed by atoms with Gasteiger partial charge in [0.2, 0.25) is 0 Å². The van der Waals surface area contributed by atoms with Crippen LogP contribution in [0.1, 0.15) is 29.7 Å². The molecule has 2 N–H and O–H groups in total. The lowest BCUT2D eigenvalue weighted by molar-refractivity contribution is 0.254. The van der Waals surface area contributed by atoms with Gasteiger partial charge < -0.3 is 10.1 Å². The molecule has 0 amide bonds. The summed E-state index contributed by atoms with van der Waals surface area (Å²) in [5, 5.41) is 9.26. The number of aryl methyl sites for hydroxylation is 2. The fraction of sp³-hybridized carbons (Fsp3) is 0.600. The fourth-order valence-corrected chi connectivity index (χ4v) is 2.11. The quantitative estimate of drug-likeness (QED) is 0.687. The second-order valence-corrected chi connectivity index (χ2v) is 3.91. The van der Waals surface area contributed by atoms with Crippen LogP contribution < -0.4 is 0 Å². The van der Waals surface area contributed by atoms with Gasteiger partial charge in [0.25, 0.3) is 0 Å². The monoisotopic (exact) mass is 165 g/mol. The highest BCUT2D eigenvalue weighted by Gasteiger charge is 2.45. The SMILES string of the molecule is Cc1c[nH]c(C)c1C1(CO)CC1. The molecule has 1 saturated carbocycles. The predicted molar refractivity (Wildman–Crippen MR) is 48.3 cm³/mol. The Labute approximate surface area is 72.6 Å². The van der Waals surface area contributed by atoms with Crippen LogP contribution in [0.15, 0.2) is 6.20 Å². The number of aliphatic hydroxyl groups excluding tert-OH is 1. The summed E-state index contributed by atoms with van der Waals surface area (Å²) in [6.45, 7) is 4.49. The smallest absolute Gasteiger partial charge is 0.0528 e. The molecule has 1 heterocycles. The lowest BCUT2D eigenvalue weighted by Crippen LogP contribution is -2.13. The number of hydrogen-bond acceptors (Lipinski definition) is 1. The van der Waals surface area contributed by atoms with E-state index in [1.54, 1.807) is 0 Å². The Bertz CT molecular complexity index is 277. The molecule has 0 aromatic carbocycles. The van der Waals surface area contributed by atoms with E-state index in [0.29, 0.717) is 6.61 Å². The summed E-state index contributed by atoms with van der Waals surface area (Å²) in [4.78, 5) is 3.21. The number of H-pyrrole nitrogens is 1. The molecule has 1 aromatic heterocycles. The molecule has 1 aliphatic carbocycles. The van der Waals surface area contributed by atoms with Crippen molar-refractivity contribution in [3.8, 4) is 0 Å². The summed E-state index contributed by atoms with van der Waals surface area (Å²) in [5.74, 6) is 0. The zero-order valence-electron chi connectivity index (χ0n) is 7.65. The normalized spacial score (nSPS) is 19.6. The van der Waals surface area contributed by atoms with Crippen molar-refractivity contribution in [2.75, 3.05) is 6.61 Å². The first-order valence-corrected chi connectivity index (χ1v) is 4.45. The molecule has 12 heavy (non-hydrogen) atoms. The van der Waals surface area contributed by atoms with Crippen LogP contribution in [-0.4, -0.2) is 16.7 Å². The van der Waals surface area contributed by atoms with Crippen LogP contribution in [0.3, 0.4) is 0 Å². The van der Waals surface area contributed by atoms with Gasteiger partial charge in [0.15, 0.2) is 0 Å². The van der Waals surface area contributed by atoms with Crippen molar-refractivity contribution in [1.29, 1.82) is 0 Å². The number of rotatable bonds is 2. The summed E-state index contributed by atoms with van der Waals surface area (Å²) in [5.41, 5.74) is 3.98. The highest BCUT2D eigenvalue weighted by atomic mass is 16.3. The van der Waals surface area contributed by atoms with Crippen LogP contribution in [0.4, 0.5) is 0 Å². The third-order valence-electron chi connectivity index (χ3n) is 2.96. The van der Waals surface area contributed by atoms with Crippen molar-refractivity contribution >= 4 is 0 Å². The lowest BCUT2D eigenvalue weighted by Gasteiger charge is -2.12. The number of nitrogens with one attached hydrogen (secondary N) is 1. The van der Waals surface area contributed by atoms with Gasteiger partial charge in [-0.05, 0) is 37.8 Å². The maximum Gasteiger partial charge on any atom is 0.0528 e. The van der Waals surface area contributed by atoms with E-state index in [9.17, 15) is 5.11 Å². The summed E-state index contributed by atoms with van der Waals surface area (Å²) in [6.07, 6.45) is 4.31. The molecule has 0 saturated heterocycles. The van der Waals surface area contributed by atoms with Crippen molar-refractivity contribution in [1.82, 2.24) is 4.98 Å². The molecule has 0 radical (unpaired) electrons. The maximum absolute atomic E-state index is 9.26. The fourth-order valence-electron chi connectivity index (χ4n) is 2.11. The van der Waals surface area contributed by atoms with Crippen LogP contribution in [0.25, 0.3) is 0 Å². The van der Waals surface area contributed by atoms with Gasteiger partial charge in [-0.15, -0.1) is 0 Å². The third kappa shape index (κ3) is 0.911. The maximum atomic E-state index is 9.26. The van der Waals surface area contributed by atoms with E-state index in [4.69, 9.17) is 0 Å². The van der Waals surface area contributed by atoms with Crippen molar-refractivity contribution < 1.29 is 5.11 Å². The summed E-state index contributed by atoms with van der Waals surface area (Å²) < 4.78 is 0. The van der Waals surface area contributed by atoms with E-state index in [0.717, 1.165) is 12.8 Å². The molecule has 2 nitrogen and oxygen atoms in total. The number of aromatic nitrogens is 1. The molecule has 1 aromatic rings. The van der Waals surface area contributed by atoms with Gasteiger partial charge in [0, 0.05) is 17.3 Å². The van der Waals surface area contributed by atoms with E-state index < -0.39 is 0 Å². The Morgan fingerprint density at radius 3 is 2.50 bits per heavy atom. The molecular formula is C10H15NO. The van der Waals surface area contributed by atoms with Crippen LogP contribution in [0.2, 0.25) is 0 Å². The van der Waals surface area contributed by atoms with Crippen LogP contribution in [-0.2, 0) is 5.41 Å². The predicted octanol–water partition coefficient (Wildman–Crippen LogP) is 1.66. The largest absolute Gasteiger partial charge is 0.395 e. The zero-order chi connectivity index (χ0) is 8.77. The van der Waals surface area contributed by atoms with Gasteiger partial charge in [-0.2, -0.15) is 0 Å². The minimum atomic E-state index is 0.119. The highest BCUT2D eigenvalue weighted by molar-refractivity contribution is 5.40. The molecule has 2 heteroatoms. The van der Waals surface area contributed by atoms with Crippen molar-refractivity contribution in [3.63, 3.8) is 0 Å². The second kappa shape index (κ2) is 2.36. The van der Waals surface area contributed by atoms with Crippen LogP contribution in [0, 0.1) is 13.8 Å². The van der Waals surface area contributed by atoms with Crippen molar-refractivity contribution in [2.24, 2.45) is 0 Å². The van der Waals surface area contributed by atoms with Crippen LogP contribution in [0.5, 0.6) is 0 Å². The molecule has 0 aliphatic heterocycles. The minimum Gasteiger partial charge on any atom is -0.395 e. The van der Waals surface area contributed by atoms with Gasteiger partial charge in [0.1, 0.15) is 0 Å². The first-order valence-electron chi connectivity index (χ1n) is 4.45. The summed E-state index contributed by atoms with van der Waals surface area (Å²) >= 11 is 0. The Morgan fingerprint density at radius 1 is 1.50 bits per heavy atom. The third-order valence-corrected chi connectivity index (χ3v) is 2.96. The van der Waals surface area contributed by atoms with E-state index >= 15 is 0 Å². The molecule has 1 aliphatic rings. The Balaban J connectivity index is 2.45. The van der Waals surface area contributed by atoms with E-state index in [1.165, 1.54) is 16.8 Å². The first kappa shape index (κ1) is 7.87. The van der Waals surface area contributed by atoms with Crippen LogP contribution >= 0.6 is 0 Å². The molecule has 0 bridgehead atoms. The zero-order valence-corrected chi connectivity index (χ0v) is 7.65. The average Bonchev–Trinajstić information content (AvgIpc) is 2.77. The number of aliphatic hydroxyl groups is 1. The van der Waals surface area contributed by atoms with Gasteiger partial charge in [0.05, 0.1) is 6.61 Å². The molecule has 0 spiro atoms. The van der Waals surface area contributed by atoms with E-state index in [1.807, 2.05) is 6.20 Å². The standard InChI is InChI=1S/C10H15NO/c1-7-5-11-8(2)9(7)10(6-12)3-4-10/h5,11-12H,3-4,6H2,1-2H3. The Kier molecular flexibility index (Phi) is 1.55.